The molecule has 0 spiro atoms. The van der Waals surface area contributed by atoms with Crippen LogP contribution in [0.5, 0.6) is 0 Å². The molecule has 4 nitrogen and oxygen atoms in total. The SMILES string of the molecule is COC1(C)CCCN(CC2COCCC2N)C1. The van der Waals surface area contributed by atoms with E-state index in [-0.39, 0.29) is 5.60 Å². The zero-order valence-corrected chi connectivity index (χ0v) is 11.2. The van der Waals surface area contributed by atoms with Crippen molar-refractivity contribution in [1.29, 1.82) is 0 Å². The van der Waals surface area contributed by atoms with E-state index in [1.165, 1.54) is 13.0 Å². The zero-order chi connectivity index (χ0) is 12.3. The van der Waals surface area contributed by atoms with E-state index in [1.807, 2.05) is 7.11 Å². The van der Waals surface area contributed by atoms with Gasteiger partial charge in [-0.15, -0.1) is 0 Å². The summed E-state index contributed by atoms with van der Waals surface area (Å²) in [6.07, 6.45) is 3.38. The molecule has 0 aromatic heterocycles. The summed E-state index contributed by atoms with van der Waals surface area (Å²) in [6.45, 7) is 7.10. The standard InChI is InChI=1S/C13H26N2O2/c1-13(16-2)5-3-6-15(10-13)8-11-9-17-7-4-12(11)14/h11-12H,3-10,14H2,1-2H3. The van der Waals surface area contributed by atoms with Gasteiger partial charge in [0.15, 0.2) is 0 Å². The first-order valence-electron chi connectivity index (χ1n) is 6.74. The number of nitrogens with two attached hydrogens (primary N) is 1. The Kier molecular flexibility index (Phi) is 4.42. The van der Waals surface area contributed by atoms with Gasteiger partial charge in [-0.05, 0) is 32.7 Å². The fourth-order valence-corrected chi connectivity index (χ4v) is 2.96. The van der Waals surface area contributed by atoms with Gasteiger partial charge >= 0.3 is 0 Å². The Morgan fingerprint density at radius 1 is 1.53 bits per heavy atom. The summed E-state index contributed by atoms with van der Waals surface area (Å²) in [5.74, 6) is 0.489. The van der Waals surface area contributed by atoms with Gasteiger partial charge < -0.3 is 20.1 Å². The highest BCUT2D eigenvalue weighted by Crippen LogP contribution is 2.25. The van der Waals surface area contributed by atoms with Crippen LogP contribution < -0.4 is 5.73 Å². The highest BCUT2D eigenvalue weighted by molar-refractivity contribution is 4.87. The molecule has 2 saturated heterocycles. The molecule has 2 N–H and O–H groups in total. The van der Waals surface area contributed by atoms with Crippen molar-refractivity contribution in [1.82, 2.24) is 4.90 Å². The lowest BCUT2D eigenvalue weighted by Gasteiger charge is -2.42. The maximum Gasteiger partial charge on any atom is 0.0777 e. The zero-order valence-electron chi connectivity index (χ0n) is 11.2. The molecular weight excluding hydrogens is 216 g/mol. The van der Waals surface area contributed by atoms with Crippen LogP contribution in [0.2, 0.25) is 0 Å². The van der Waals surface area contributed by atoms with Crippen LogP contribution in [0.15, 0.2) is 0 Å². The van der Waals surface area contributed by atoms with Crippen LogP contribution >= 0.6 is 0 Å². The summed E-state index contributed by atoms with van der Waals surface area (Å²) < 4.78 is 11.2. The fraction of sp³-hybridized carbons (Fsp3) is 1.00. The molecule has 2 aliphatic rings. The smallest absolute Gasteiger partial charge is 0.0777 e. The summed E-state index contributed by atoms with van der Waals surface area (Å²) in [7, 11) is 1.82. The third kappa shape index (κ3) is 3.41. The summed E-state index contributed by atoms with van der Waals surface area (Å²) >= 11 is 0. The van der Waals surface area contributed by atoms with Gasteiger partial charge in [0.25, 0.3) is 0 Å². The molecule has 0 radical (unpaired) electrons. The molecule has 2 fully saturated rings. The van der Waals surface area contributed by atoms with E-state index in [9.17, 15) is 0 Å². The molecule has 0 amide bonds. The minimum atomic E-state index is 0.0257. The molecule has 17 heavy (non-hydrogen) atoms. The number of piperidine rings is 1. The second-order valence-corrected chi connectivity index (χ2v) is 5.78. The quantitative estimate of drug-likeness (QED) is 0.797. The number of methoxy groups -OCH3 is 1. The number of hydrogen-bond acceptors (Lipinski definition) is 4. The minimum Gasteiger partial charge on any atom is -0.381 e. The van der Waals surface area contributed by atoms with Crippen molar-refractivity contribution in [3.8, 4) is 0 Å². The lowest BCUT2D eigenvalue weighted by molar-refractivity contribution is -0.0612. The van der Waals surface area contributed by atoms with Gasteiger partial charge in [0.05, 0.1) is 12.2 Å². The molecule has 0 bridgehead atoms. The van der Waals surface area contributed by atoms with E-state index in [2.05, 4.69) is 11.8 Å². The monoisotopic (exact) mass is 242 g/mol. The first-order chi connectivity index (χ1) is 8.13. The van der Waals surface area contributed by atoms with Crippen molar-refractivity contribution in [3.63, 3.8) is 0 Å². The average Bonchev–Trinajstić information content (AvgIpc) is 2.32. The lowest BCUT2D eigenvalue weighted by Crippen LogP contribution is -2.52. The van der Waals surface area contributed by atoms with Crippen molar-refractivity contribution in [2.45, 2.75) is 37.8 Å². The second kappa shape index (κ2) is 5.65. The first kappa shape index (κ1) is 13.3. The van der Waals surface area contributed by atoms with Crippen molar-refractivity contribution in [3.05, 3.63) is 0 Å². The van der Waals surface area contributed by atoms with E-state index in [0.717, 1.165) is 39.1 Å². The van der Waals surface area contributed by atoms with Crippen LogP contribution in [0.25, 0.3) is 0 Å². The van der Waals surface area contributed by atoms with Crippen molar-refractivity contribution in [2.75, 3.05) is 40.0 Å². The van der Waals surface area contributed by atoms with Gasteiger partial charge in [0.2, 0.25) is 0 Å². The molecule has 2 heterocycles. The third-order valence-electron chi connectivity index (χ3n) is 4.26. The molecule has 2 rings (SSSR count). The normalized spacial score (nSPS) is 40.4. The molecule has 3 unspecified atom stereocenters. The second-order valence-electron chi connectivity index (χ2n) is 5.78. The van der Waals surface area contributed by atoms with Gasteiger partial charge in [-0.2, -0.15) is 0 Å². The lowest BCUT2D eigenvalue weighted by atomic mass is 9.91. The van der Waals surface area contributed by atoms with Gasteiger partial charge in [-0.25, -0.2) is 0 Å². The van der Waals surface area contributed by atoms with Gasteiger partial charge in [-0.3, -0.25) is 0 Å². The summed E-state index contributed by atoms with van der Waals surface area (Å²) in [6, 6.07) is 0.305. The summed E-state index contributed by atoms with van der Waals surface area (Å²) in [5, 5.41) is 0. The number of rotatable bonds is 3. The number of nitrogens with zero attached hydrogens (tertiary/aromatic N) is 1. The summed E-state index contributed by atoms with van der Waals surface area (Å²) in [5.41, 5.74) is 6.18. The maximum absolute atomic E-state index is 6.16. The number of hydrogen-bond donors (Lipinski definition) is 1. The molecule has 0 aromatic carbocycles. The molecular formula is C13H26N2O2. The highest BCUT2D eigenvalue weighted by Gasteiger charge is 2.33. The molecule has 2 aliphatic heterocycles. The van der Waals surface area contributed by atoms with Crippen LogP contribution in [-0.2, 0) is 9.47 Å². The molecule has 4 heteroatoms. The highest BCUT2D eigenvalue weighted by atomic mass is 16.5. The minimum absolute atomic E-state index is 0.0257. The Morgan fingerprint density at radius 3 is 3.06 bits per heavy atom. The van der Waals surface area contributed by atoms with Crippen LogP contribution in [0, 0.1) is 5.92 Å². The largest absolute Gasteiger partial charge is 0.381 e. The summed E-state index contributed by atoms with van der Waals surface area (Å²) in [4.78, 5) is 2.49. The van der Waals surface area contributed by atoms with Gasteiger partial charge in [-0.1, -0.05) is 0 Å². The van der Waals surface area contributed by atoms with E-state index in [1.54, 1.807) is 0 Å². The van der Waals surface area contributed by atoms with E-state index < -0.39 is 0 Å². The topological polar surface area (TPSA) is 47.7 Å². The maximum atomic E-state index is 6.16. The molecule has 0 saturated carbocycles. The molecule has 100 valence electrons. The van der Waals surface area contributed by atoms with Gasteiger partial charge in [0.1, 0.15) is 0 Å². The van der Waals surface area contributed by atoms with E-state index in [4.69, 9.17) is 15.2 Å². The Hall–Kier alpha value is -0.160. The van der Waals surface area contributed by atoms with Crippen LogP contribution in [-0.4, -0.2) is 56.5 Å². The number of ether oxygens (including phenoxy) is 2. The Morgan fingerprint density at radius 2 is 2.35 bits per heavy atom. The van der Waals surface area contributed by atoms with Gasteiger partial charge in [0, 0.05) is 38.8 Å². The third-order valence-corrected chi connectivity index (χ3v) is 4.26. The predicted octanol–water partition coefficient (Wildman–Crippen LogP) is 0.851. The van der Waals surface area contributed by atoms with Crippen LogP contribution in [0.3, 0.4) is 0 Å². The molecule has 0 aromatic rings. The van der Waals surface area contributed by atoms with Crippen LogP contribution in [0.4, 0.5) is 0 Å². The fourth-order valence-electron chi connectivity index (χ4n) is 2.96. The van der Waals surface area contributed by atoms with E-state index >= 15 is 0 Å². The van der Waals surface area contributed by atoms with Crippen molar-refractivity contribution in [2.24, 2.45) is 11.7 Å². The Bertz CT molecular complexity index is 250. The predicted molar refractivity (Wildman–Crippen MR) is 68.0 cm³/mol. The Balaban J connectivity index is 1.85. The average molecular weight is 242 g/mol. The van der Waals surface area contributed by atoms with Crippen molar-refractivity contribution < 1.29 is 9.47 Å². The van der Waals surface area contributed by atoms with Crippen molar-refractivity contribution >= 4 is 0 Å². The molecule has 3 atom stereocenters. The van der Waals surface area contributed by atoms with Crippen LogP contribution in [0.1, 0.15) is 26.2 Å². The first-order valence-corrected chi connectivity index (χ1v) is 6.74. The van der Waals surface area contributed by atoms with E-state index in [0.29, 0.717) is 12.0 Å². The number of likely N-dealkylation sites (tertiary alicyclic amines) is 1. The molecule has 0 aliphatic carbocycles. The Labute approximate surface area is 104 Å².